The summed E-state index contributed by atoms with van der Waals surface area (Å²) in [5, 5.41) is 6.14. The zero-order chi connectivity index (χ0) is 20.7. The molecule has 30 heavy (non-hydrogen) atoms. The van der Waals surface area contributed by atoms with Crippen LogP contribution in [0, 0.1) is 12.4 Å². The van der Waals surface area contributed by atoms with E-state index in [2.05, 4.69) is 15.5 Å². The largest absolute Gasteiger partial charge is 0.367 e. The molecule has 1 aromatic heterocycles. The number of rotatable bonds is 2. The molecule has 150 valence electrons. The molecule has 1 amide bonds. The molecule has 2 N–H and O–H groups in total. The molecule has 0 aliphatic carbocycles. The molecule has 7 heteroatoms. The van der Waals surface area contributed by atoms with E-state index in [9.17, 15) is 9.18 Å². The molecule has 2 aliphatic heterocycles. The number of halogens is 1. The van der Waals surface area contributed by atoms with Gasteiger partial charge in [0.25, 0.3) is 5.91 Å². The van der Waals surface area contributed by atoms with E-state index >= 15 is 0 Å². The van der Waals surface area contributed by atoms with Gasteiger partial charge in [0.2, 0.25) is 0 Å². The van der Waals surface area contributed by atoms with Gasteiger partial charge in [-0.1, -0.05) is 24.3 Å². The van der Waals surface area contributed by atoms with Gasteiger partial charge in [0.05, 0.1) is 12.3 Å². The molecule has 6 nitrogen and oxygen atoms in total. The van der Waals surface area contributed by atoms with Crippen molar-refractivity contribution >= 4 is 23.0 Å². The Morgan fingerprint density at radius 1 is 1.03 bits per heavy atom. The minimum absolute atomic E-state index is 0.257. The molecule has 0 atom stereocenters. The van der Waals surface area contributed by atoms with Gasteiger partial charge in [-0.25, -0.2) is 9.24 Å². The number of carbonyl (C=O) groups is 1. The molecular formula is C23H20FN5O. The topological polar surface area (TPSA) is 53.7 Å². The van der Waals surface area contributed by atoms with Crippen molar-refractivity contribution in [3.63, 3.8) is 0 Å². The van der Waals surface area contributed by atoms with E-state index in [1.54, 1.807) is 12.1 Å². The summed E-state index contributed by atoms with van der Waals surface area (Å²) >= 11 is 0. The lowest BCUT2D eigenvalue weighted by molar-refractivity contribution is 0.102. The van der Waals surface area contributed by atoms with Crippen LogP contribution in [-0.2, 0) is 6.54 Å². The van der Waals surface area contributed by atoms with Crippen LogP contribution in [0.2, 0.25) is 0 Å². The minimum Gasteiger partial charge on any atom is -0.367 e. The van der Waals surface area contributed by atoms with Crippen molar-refractivity contribution in [2.45, 2.75) is 6.54 Å². The van der Waals surface area contributed by atoms with Gasteiger partial charge in [-0.2, -0.15) is 0 Å². The lowest BCUT2D eigenvalue weighted by Crippen LogP contribution is -2.43. The molecule has 2 aromatic carbocycles. The van der Waals surface area contributed by atoms with Crippen molar-refractivity contribution < 1.29 is 9.18 Å². The molecule has 5 rings (SSSR count). The number of benzene rings is 2. The number of nitrogens with zero attached hydrogens (tertiary/aromatic N) is 3. The van der Waals surface area contributed by atoms with Crippen molar-refractivity contribution in [3.05, 3.63) is 77.2 Å². The van der Waals surface area contributed by atoms with Gasteiger partial charge in [0, 0.05) is 50.2 Å². The highest BCUT2D eigenvalue weighted by Gasteiger charge is 2.24. The number of carbonyl (C=O) groups excluding carboxylic acids is 1. The van der Waals surface area contributed by atoms with Gasteiger partial charge in [0.15, 0.2) is 5.69 Å². The van der Waals surface area contributed by atoms with Crippen LogP contribution in [0.15, 0.2) is 48.7 Å². The Hall–Kier alpha value is -3.63. The van der Waals surface area contributed by atoms with E-state index in [1.165, 1.54) is 6.07 Å². The van der Waals surface area contributed by atoms with E-state index in [0.717, 1.165) is 42.9 Å². The summed E-state index contributed by atoms with van der Waals surface area (Å²) < 4.78 is 16.7. The van der Waals surface area contributed by atoms with E-state index in [0.29, 0.717) is 29.3 Å². The number of hydrogen-bond acceptors (Lipinski definition) is 3. The number of fused-ring (bicyclic) bond motifs is 2. The number of piperazine rings is 1. The van der Waals surface area contributed by atoms with Crippen LogP contribution in [0.1, 0.15) is 16.1 Å². The average molecular weight is 401 g/mol. The first-order valence-electron chi connectivity index (χ1n) is 9.90. The van der Waals surface area contributed by atoms with Gasteiger partial charge < -0.3 is 20.1 Å². The summed E-state index contributed by atoms with van der Waals surface area (Å²) in [6, 6.07) is 12.4. The molecular weight excluding hydrogens is 381 g/mol. The van der Waals surface area contributed by atoms with Crippen molar-refractivity contribution in [1.82, 2.24) is 9.88 Å². The van der Waals surface area contributed by atoms with Crippen LogP contribution in [-0.4, -0.2) is 36.7 Å². The zero-order valence-electron chi connectivity index (χ0n) is 16.3. The van der Waals surface area contributed by atoms with Crippen LogP contribution in [0.3, 0.4) is 0 Å². The quantitative estimate of drug-likeness (QED) is 0.641. The standard InChI is InChI=1S/C23H20FN5O/c1-25-18-4-2-15(3-5-18)16-10-22-23(30)27-20-12-19(24)21(28-8-6-26-7-9-28)11-17(20)14-29(22)13-16/h2-5,10-13,26H,6-9,14H2,(H,27,30). The Bertz CT molecular complexity index is 1170. The number of aromatic nitrogens is 1. The Morgan fingerprint density at radius 3 is 2.53 bits per heavy atom. The average Bonchev–Trinajstić information content (AvgIpc) is 3.15. The summed E-state index contributed by atoms with van der Waals surface area (Å²) in [6.45, 7) is 10.7. The molecule has 3 aromatic rings. The fraction of sp³-hybridized carbons (Fsp3) is 0.217. The smallest absolute Gasteiger partial charge is 0.272 e. The SMILES string of the molecule is [C-]#[N+]c1ccc(-c2cc3n(c2)Cc2cc(N4CCNCC4)c(F)cc2NC3=O)cc1. The first-order chi connectivity index (χ1) is 14.6. The molecule has 1 saturated heterocycles. The number of hydrogen-bond donors (Lipinski definition) is 2. The van der Waals surface area contributed by atoms with Crippen LogP contribution >= 0.6 is 0 Å². The minimum atomic E-state index is -0.317. The lowest BCUT2D eigenvalue weighted by atomic mass is 10.1. The fourth-order valence-electron chi connectivity index (χ4n) is 4.09. The van der Waals surface area contributed by atoms with Crippen molar-refractivity contribution in [2.75, 3.05) is 36.4 Å². The summed E-state index contributed by atoms with van der Waals surface area (Å²) in [6.07, 6.45) is 1.94. The predicted octanol–water partition coefficient (Wildman–Crippen LogP) is 3.87. The molecule has 0 unspecified atom stereocenters. The maximum Gasteiger partial charge on any atom is 0.272 e. The predicted molar refractivity (Wildman–Crippen MR) is 115 cm³/mol. The second-order valence-electron chi connectivity index (χ2n) is 7.55. The maximum atomic E-state index is 14.8. The van der Waals surface area contributed by atoms with Gasteiger partial charge >= 0.3 is 0 Å². The molecule has 0 spiro atoms. The van der Waals surface area contributed by atoms with E-state index in [1.807, 2.05) is 39.9 Å². The zero-order valence-corrected chi connectivity index (χ0v) is 16.3. The second kappa shape index (κ2) is 7.32. The van der Waals surface area contributed by atoms with Gasteiger partial charge in [-0.3, -0.25) is 4.79 Å². The van der Waals surface area contributed by atoms with E-state index in [-0.39, 0.29) is 11.7 Å². The van der Waals surface area contributed by atoms with Gasteiger partial charge in [0.1, 0.15) is 11.5 Å². The summed E-state index contributed by atoms with van der Waals surface area (Å²) in [7, 11) is 0. The van der Waals surface area contributed by atoms with Crippen LogP contribution in [0.25, 0.3) is 16.0 Å². The molecule has 3 heterocycles. The van der Waals surface area contributed by atoms with Crippen LogP contribution in [0.5, 0.6) is 0 Å². The number of nitrogens with one attached hydrogen (secondary N) is 2. The first-order valence-corrected chi connectivity index (χ1v) is 9.90. The third-order valence-corrected chi connectivity index (χ3v) is 5.68. The molecule has 1 fully saturated rings. The molecule has 2 aliphatic rings. The second-order valence-corrected chi connectivity index (χ2v) is 7.55. The van der Waals surface area contributed by atoms with Gasteiger partial charge in [-0.15, -0.1) is 0 Å². The Kier molecular flexibility index (Phi) is 4.49. The summed E-state index contributed by atoms with van der Waals surface area (Å²) in [5.74, 6) is -0.574. The number of anilines is 2. The number of amides is 1. The van der Waals surface area contributed by atoms with E-state index in [4.69, 9.17) is 6.57 Å². The van der Waals surface area contributed by atoms with Crippen LogP contribution in [0.4, 0.5) is 21.5 Å². The monoisotopic (exact) mass is 401 g/mol. The molecule has 0 radical (unpaired) electrons. The van der Waals surface area contributed by atoms with Crippen LogP contribution < -0.4 is 15.5 Å². The molecule has 0 saturated carbocycles. The van der Waals surface area contributed by atoms with Gasteiger partial charge in [-0.05, 0) is 29.3 Å². The Balaban J connectivity index is 1.51. The van der Waals surface area contributed by atoms with Crippen molar-refractivity contribution in [3.8, 4) is 11.1 Å². The third kappa shape index (κ3) is 3.21. The lowest BCUT2D eigenvalue weighted by Gasteiger charge is -2.30. The first kappa shape index (κ1) is 18.4. The summed E-state index contributed by atoms with van der Waals surface area (Å²) in [5.41, 5.74) is 4.93. The third-order valence-electron chi connectivity index (χ3n) is 5.68. The normalized spacial score (nSPS) is 15.6. The maximum absolute atomic E-state index is 14.8. The fourth-order valence-corrected chi connectivity index (χ4v) is 4.09. The highest BCUT2D eigenvalue weighted by Crippen LogP contribution is 2.33. The van der Waals surface area contributed by atoms with Crippen molar-refractivity contribution in [1.29, 1.82) is 0 Å². The van der Waals surface area contributed by atoms with E-state index < -0.39 is 0 Å². The highest BCUT2D eigenvalue weighted by molar-refractivity contribution is 6.05. The highest BCUT2D eigenvalue weighted by atomic mass is 19.1. The Labute approximate surface area is 173 Å². The summed E-state index contributed by atoms with van der Waals surface area (Å²) in [4.78, 5) is 18.3. The molecule has 0 bridgehead atoms. The van der Waals surface area contributed by atoms with Crippen molar-refractivity contribution in [2.24, 2.45) is 0 Å². The Morgan fingerprint density at radius 2 is 1.80 bits per heavy atom.